The topological polar surface area (TPSA) is 94.0 Å². The lowest BCUT2D eigenvalue weighted by atomic mass is 10.2. The molecule has 0 aliphatic carbocycles. The number of aromatic nitrogens is 2. The maximum atomic E-state index is 12.1. The lowest BCUT2D eigenvalue weighted by Crippen LogP contribution is -2.22. The summed E-state index contributed by atoms with van der Waals surface area (Å²) in [6, 6.07) is 7.07. The van der Waals surface area contributed by atoms with E-state index in [1.165, 1.54) is 0 Å². The third-order valence-corrected chi connectivity index (χ3v) is 3.09. The highest BCUT2D eigenvalue weighted by Crippen LogP contribution is 2.24. The standard InChI is InChI=1S/C15H14N4O2/c1-9-17-6-10(7-18-9)8-19-15(20)13-5-11-3-2-4-12(16)14(11)21-13/h2-7H,8,16H2,1H3,(H,19,20). The zero-order valence-electron chi connectivity index (χ0n) is 11.5. The van der Waals surface area contributed by atoms with Crippen LogP contribution in [0.15, 0.2) is 41.1 Å². The van der Waals surface area contributed by atoms with Gasteiger partial charge in [-0.15, -0.1) is 0 Å². The fourth-order valence-corrected chi connectivity index (χ4v) is 1.98. The summed E-state index contributed by atoms with van der Waals surface area (Å²) >= 11 is 0. The first kappa shape index (κ1) is 13.1. The zero-order valence-corrected chi connectivity index (χ0v) is 11.5. The van der Waals surface area contributed by atoms with Gasteiger partial charge in [-0.25, -0.2) is 9.97 Å². The van der Waals surface area contributed by atoms with Crippen molar-refractivity contribution >= 4 is 22.6 Å². The summed E-state index contributed by atoms with van der Waals surface area (Å²) in [5.41, 5.74) is 7.67. The lowest BCUT2D eigenvalue weighted by Gasteiger charge is -2.02. The Morgan fingerprint density at radius 3 is 2.81 bits per heavy atom. The zero-order chi connectivity index (χ0) is 14.8. The van der Waals surface area contributed by atoms with Gasteiger partial charge in [0, 0.05) is 29.9 Å². The molecule has 1 aromatic carbocycles. The second kappa shape index (κ2) is 5.24. The van der Waals surface area contributed by atoms with Gasteiger partial charge in [0.2, 0.25) is 0 Å². The Balaban J connectivity index is 1.75. The van der Waals surface area contributed by atoms with Gasteiger partial charge < -0.3 is 15.5 Å². The Labute approximate surface area is 121 Å². The molecule has 106 valence electrons. The normalized spacial score (nSPS) is 10.7. The van der Waals surface area contributed by atoms with Crippen LogP contribution in [0.1, 0.15) is 21.9 Å². The van der Waals surface area contributed by atoms with E-state index in [1.807, 2.05) is 12.1 Å². The van der Waals surface area contributed by atoms with Crippen LogP contribution in [0, 0.1) is 6.92 Å². The number of nitrogen functional groups attached to an aromatic ring is 1. The van der Waals surface area contributed by atoms with Crippen molar-refractivity contribution < 1.29 is 9.21 Å². The van der Waals surface area contributed by atoms with E-state index in [0.717, 1.165) is 10.9 Å². The minimum Gasteiger partial charge on any atom is -0.449 e. The molecule has 6 heteroatoms. The van der Waals surface area contributed by atoms with Crippen LogP contribution in [0.5, 0.6) is 0 Å². The van der Waals surface area contributed by atoms with Gasteiger partial charge in [0.1, 0.15) is 5.82 Å². The van der Waals surface area contributed by atoms with Crippen LogP contribution in [0.3, 0.4) is 0 Å². The van der Waals surface area contributed by atoms with Crippen LogP contribution in [0.2, 0.25) is 0 Å². The highest BCUT2D eigenvalue weighted by Gasteiger charge is 2.13. The highest BCUT2D eigenvalue weighted by molar-refractivity contribution is 5.98. The number of rotatable bonds is 3. The smallest absolute Gasteiger partial charge is 0.287 e. The van der Waals surface area contributed by atoms with E-state index in [4.69, 9.17) is 10.2 Å². The largest absolute Gasteiger partial charge is 0.449 e. The fourth-order valence-electron chi connectivity index (χ4n) is 1.98. The van der Waals surface area contributed by atoms with Gasteiger partial charge in [0.15, 0.2) is 11.3 Å². The van der Waals surface area contributed by atoms with E-state index in [9.17, 15) is 4.79 Å². The number of anilines is 1. The number of para-hydroxylation sites is 1. The third-order valence-electron chi connectivity index (χ3n) is 3.09. The predicted octanol–water partition coefficient (Wildman–Crippen LogP) is 2.04. The van der Waals surface area contributed by atoms with Crippen molar-refractivity contribution in [2.45, 2.75) is 13.5 Å². The number of benzene rings is 1. The average Bonchev–Trinajstić information content (AvgIpc) is 2.92. The van der Waals surface area contributed by atoms with Gasteiger partial charge in [-0.3, -0.25) is 4.79 Å². The molecule has 6 nitrogen and oxygen atoms in total. The van der Waals surface area contributed by atoms with E-state index in [0.29, 0.717) is 23.6 Å². The fraction of sp³-hybridized carbons (Fsp3) is 0.133. The molecule has 3 rings (SSSR count). The van der Waals surface area contributed by atoms with Gasteiger partial charge in [-0.05, 0) is 19.1 Å². The number of hydrogen-bond donors (Lipinski definition) is 2. The van der Waals surface area contributed by atoms with Crippen molar-refractivity contribution in [3.8, 4) is 0 Å². The summed E-state index contributed by atoms with van der Waals surface area (Å²) in [5.74, 6) is 0.625. The second-order valence-electron chi connectivity index (χ2n) is 4.70. The van der Waals surface area contributed by atoms with Crippen molar-refractivity contribution in [3.63, 3.8) is 0 Å². The Hall–Kier alpha value is -2.89. The average molecular weight is 282 g/mol. The van der Waals surface area contributed by atoms with Crippen LogP contribution in [0.4, 0.5) is 5.69 Å². The number of nitrogens with one attached hydrogen (secondary N) is 1. The number of nitrogens with zero attached hydrogens (tertiary/aromatic N) is 2. The molecule has 0 saturated carbocycles. The molecule has 0 radical (unpaired) electrons. The van der Waals surface area contributed by atoms with Crippen molar-refractivity contribution in [2.75, 3.05) is 5.73 Å². The number of furan rings is 1. The molecular weight excluding hydrogens is 268 g/mol. The minimum atomic E-state index is -0.300. The molecule has 1 amide bonds. The van der Waals surface area contributed by atoms with Crippen LogP contribution >= 0.6 is 0 Å². The predicted molar refractivity (Wildman–Crippen MR) is 78.6 cm³/mol. The first-order valence-corrected chi connectivity index (χ1v) is 6.47. The van der Waals surface area contributed by atoms with Crippen LogP contribution in [-0.2, 0) is 6.54 Å². The van der Waals surface area contributed by atoms with Crippen molar-refractivity contribution in [3.05, 3.63) is 53.8 Å². The molecular formula is C15H14N4O2. The maximum absolute atomic E-state index is 12.1. The van der Waals surface area contributed by atoms with E-state index < -0.39 is 0 Å². The van der Waals surface area contributed by atoms with E-state index in [2.05, 4.69) is 15.3 Å². The Morgan fingerprint density at radius 1 is 1.33 bits per heavy atom. The third kappa shape index (κ3) is 2.69. The molecule has 0 unspecified atom stereocenters. The van der Waals surface area contributed by atoms with Crippen molar-refractivity contribution in [1.82, 2.24) is 15.3 Å². The molecule has 0 aliphatic heterocycles. The summed E-state index contributed by atoms with van der Waals surface area (Å²) in [6.07, 6.45) is 3.36. The number of fused-ring (bicyclic) bond motifs is 1. The quantitative estimate of drug-likeness (QED) is 0.717. The monoisotopic (exact) mass is 282 g/mol. The second-order valence-corrected chi connectivity index (χ2v) is 4.70. The van der Waals surface area contributed by atoms with Gasteiger partial charge in [-0.2, -0.15) is 0 Å². The number of nitrogens with two attached hydrogens (primary N) is 1. The van der Waals surface area contributed by atoms with Gasteiger partial charge in [0.05, 0.1) is 5.69 Å². The Bertz CT molecular complexity index is 793. The summed E-state index contributed by atoms with van der Waals surface area (Å²) in [7, 11) is 0. The van der Waals surface area contributed by atoms with Crippen LogP contribution in [0.25, 0.3) is 11.0 Å². The molecule has 0 spiro atoms. The Kier molecular flexibility index (Phi) is 3.27. The molecule has 0 fully saturated rings. The van der Waals surface area contributed by atoms with Crippen molar-refractivity contribution in [1.29, 1.82) is 0 Å². The lowest BCUT2D eigenvalue weighted by molar-refractivity contribution is 0.0925. The molecule has 0 bridgehead atoms. The molecule has 21 heavy (non-hydrogen) atoms. The number of amides is 1. The molecule has 2 heterocycles. The van der Waals surface area contributed by atoms with E-state index in [1.54, 1.807) is 31.5 Å². The van der Waals surface area contributed by atoms with Gasteiger partial charge in [-0.1, -0.05) is 12.1 Å². The first-order valence-electron chi connectivity index (χ1n) is 6.47. The summed E-state index contributed by atoms with van der Waals surface area (Å²) < 4.78 is 5.50. The minimum absolute atomic E-state index is 0.232. The maximum Gasteiger partial charge on any atom is 0.287 e. The highest BCUT2D eigenvalue weighted by atomic mass is 16.3. The first-order chi connectivity index (χ1) is 10.1. The number of aryl methyl sites for hydroxylation is 1. The summed E-state index contributed by atoms with van der Waals surface area (Å²) in [6.45, 7) is 2.15. The molecule has 3 aromatic rings. The van der Waals surface area contributed by atoms with Gasteiger partial charge in [0.25, 0.3) is 5.91 Å². The Morgan fingerprint density at radius 2 is 2.10 bits per heavy atom. The molecule has 2 aromatic heterocycles. The summed E-state index contributed by atoms with van der Waals surface area (Å²) in [5, 5.41) is 3.57. The number of carbonyl (C=O) groups is 1. The van der Waals surface area contributed by atoms with E-state index in [-0.39, 0.29) is 11.7 Å². The number of carbonyl (C=O) groups excluding carboxylic acids is 1. The van der Waals surface area contributed by atoms with E-state index >= 15 is 0 Å². The summed E-state index contributed by atoms with van der Waals surface area (Å²) in [4.78, 5) is 20.2. The SMILES string of the molecule is Cc1ncc(CNC(=O)c2cc3cccc(N)c3o2)cn1. The molecule has 3 N–H and O–H groups in total. The van der Waals surface area contributed by atoms with Crippen LogP contribution in [-0.4, -0.2) is 15.9 Å². The van der Waals surface area contributed by atoms with Crippen LogP contribution < -0.4 is 11.1 Å². The van der Waals surface area contributed by atoms with Gasteiger partial charge >= 0.3 is 0 Å². The molecule has 0 aliphatic rings. The molecule has 0 saturated heterocycles. The number of hydrogen-bond acceptors (Lipinski definition) is 5. The molecule has 0 atom stereocenters. The van der Waals surface area contributed by atoms with Crippen molar-refractivity contribution in [2.24, 2.45) is 0 Å².